The van der Waals surface area contributed by atoms with Gasteiger partial charge in [-0.15, -0.1) is 5.10 Å². The Balaban J connectivity index is 1.81. The summed E-state index contributed by atoms with van der Waals surface area (Å²) in [5.41, 5.74) is 1.97. The summed E-state index contributed by atoms with van der Waals surface area (Å²) in [4.78, 5) is 8.80. The molecule has 10 nitrogen and oxygen atoms in total. The third kappa shape index (κ3) is 3.87. The van der Waals surface area contributed by atoms with Crippen molar-refractivity contribution < 1.29 is 13.2 Å². The van der Waals surface area contributed by atoms with Gasteiger partial charge in [0, 0.05) is 22.4 Å². The van der Waals surface area contributed by atoms with Crippen molar-refractivity contribution in [2.24, 2.45) is 0 Å². The second-order valence-electron chi connectivity index (χ2n) is 6.34. The molecule has 0 atom stereocenters. The highest BCUT2D eigenvalue weighted by Gasteiger charge is 2.20. The van der Waals surface area contributed by atoms with Gasteiger partial charge in [-0.05, 0) is 26.0 Å². The zero-order valence-electron chi connectivity index (χ0n) is 15.4. The molecule has 3 heterocycles. The van der Waals surface area contributed by atoms with Crippen molar-refractivity contribution in [3.05, 3.63) is 43.0 Å². The fourth-order valence-corrected chi connectivity index (χ4v) is 3.75. The molecule has 0 aliphatic heterocycles. The first-order valence-corrected chi connectivity index (χ1v) is 10.9. The molecule has 1 aromatic carbocycles. The Kier molecular flexibility index (Phi) is 4.84. The molecular formula is C17H16ClN7O3S. The number of nitrogens with zero attached hydrogens (tertiary/aromatic N) is 5. The molecule has 0 saturated carbocycles. The second kappa shape index (κ2) is 7.33. The number of fused-ring (bicyclic) bond motifs is 1. The van der Waals surface area contributed by atoms with Crippen LogP contribution in [0.2, 0.25) is 0 Å². The summed E-state index contributed by atoms with van der Waals surface area (Å²) in [5.74, 6) is 0.597. The van der Waals surface area contributed by atoms with Gasteiger partial charge in [0.15, 0.2) is 5.75 Å². The number of nitrogens with one attached hydrogen (secondary N) is 2. The van der Waals surface area contributed by atoms with Gasteiger partial charge < -0.3 is 10.1 Å². The molecule has 150 valence electrons. The number of hydrogen-bond donors (Lipinski definition) is 2. The Labute approximate surface area is 170 Å². The van der Waals surface area contributed by atoms with Crippen molar-refractivity contribution in [1.82, 2.24) is 29.8 Å². The van der Waals surface area contributed by atoms with E-state index in [4.69, 9.17) is 15.4 Å². The molecule has 0 radical (unpaired) electrons. The van der Waals surface area contributed by atoms with Crippen LogP contribution in [-0.2, 0) is 9.05 Å². The number of aromatic amines is 1. The Hall–Kier alpha value is -3.18. The topological polar surface area (TPSA) is 127 Å². The van der Waals surface area contributed by atoms with Crippen LogP contribution in [0.15, 0.2) is 47.9 Å². The molecule has 0 fully saturated rings. The molecule has 3 aromatic heterocycles. The predicted molar refractivity (Wildman–Crippen MR) is 107 cm³/mol. The van der Waals surface area contributed by atoms with Crippen LogP contribution >= 0.6 is 10.7 Å². The average molecular weight is 434 g/mol. The molecular weight excluding hydrogens is 418 g/mol. The van der Waals surface area contributed by atoms with Gasteiger partial charge in [-0.1, -0.05) is 12.1 Å². The van der Waals surface area contributed by atoms with E-state index in [0.717, 1.165) is 5.56 Å². The number of halogens is 1. The molecule has 12 heteroatoms. The van der Waals surface area contributed by atoms with Gasteiger partial charge in [-0.2, -0.15) is 14.6 Å². The van der Waals surface area contributed by atoms with Gasteiger partial charge >= 0.3 is 0 Å². The van der Waals surface area contributed by atoms with Crippen molar-refractivity contribution in [3.63, 3.8) is 0 Å². The highest BCUT2D eigenvalue weighted by atomic mass is 35.7. The molecule has 0 spiro atoms. The van der Waals surface area contributed by atoms with Gasteiger partial charge in [0.2, 0.25) is 11.6 Å². The molecule has 0 bridgehead atoms. The van der Waals surface area contributed by atoms with Crippen LogP contribution in [0.25, 0.3) is 16.9 Å². The zero-order valence-corrected chi connectivity index (χ0v) is 16.9. The van der Waals surface area contributed by atoms with Crippen molar-refractivity contribution >= 4 is 37.0 Å². The van der Waals surface area contributed by atoms with Gasteiger partial charge in [0.1, 0.15) is 16.9 Å². The number of anilines is 2. The Morgan fingerprint density at radius 1 is 1.28 bits per heavy atom. The maximum absolute atomic E-state index is 11.8. The summed E-state index contributed by atoms with van der Waals surface area (Å²) in [5, 5.41) is 13.9. The minimum atomic E-state index is -3.94. The fraction of sp³-hybridized carbons (Fsp3) is 0.176. The molecule has 0 amide bonds. The van der Waals surface area contributed by atoms with Gasteiger partial charge in [-0.25, -0.2) is 13.4 Å². The molecule has 2 N–H and O–H groups in total. The van der Waals surface area contributed by atoms with Crippen molar-refractivity contribution in [1.29, 1.82) is 0 Å². The first-order chi connectivity index (χ1) is 13.8. The van der Waals surface area contributed by atoms with E-state index in [1.54, 1.807) is 30.6 Å². The lowest BCUT2D eigenvalue weighted by Gasteiger charge is -2.12. The monoisotopic (exact) mass is 433 g/mol. The number of aromatic nitrogens is 6. The molecule has 4 rings (SSSR count). The minimum absolute atomic E-state index is 0.0728. The highest BCUT2D eigenvalue weighted by Crippen LogP contribution is 2.33. The predicted octanol–water partition coefficient (Wildman–Crippen LogP) is 2.97. The molecule has 0 saturated heterocycles. The number of ether oxygens (including phenoxy) is 1. The van der Waals surface area contributed by atoms with Crippen molar-refractivity contribution in [2.45, 2.75) is 24.8 Å². The lowest BCUT2D eigenvalue weighted by molar-refractivity contribution is 0.244. The summed E-state index contributed by atoms with van der Waals surface area (Å²) >= 11 is 0. The largest absolute Gasteiger partial charge is 0.485 e. The Morgan fingerprint density at radius 3 is 2.76 bits per heavy atom. The van der Waals surface area contributed by atoms with E-state index in [-0.39, 0.29) is 22.6 Å². The molecule has 0 unspecified atom stereocenters. The van der Waals surface area contributed by atoms with E-state index in [2.05, 4.69) is 30.6 Å². The second-order valence-corrected chi connectivity index (χ2v) is 8.87. The van der Waals surface area contributed by atoms with Crippen molar-refractivity contribution in [3.8, 4) is 17.0 Å². The summed E-state index contributed by atoms with van der Waals surface area (Å²) in [6.45, 7) is 3.78. The quantitative estimate of drug-likeness (QED) is 0.444. The van der Waals surface area contributed by atoms with Crippen LogP contribution < -0.4 is 10.1 Å². The standard InChI is InChI=1S/C17H16ClN7O3S/c1-10(2)28-15-14(11-7-20-21-8-11)19-9-25-16(15)23-17(24-25)22-12-5-3-4-6-13(12)29(18,26)27/h3-10H,1-2H3,(H,20,21)(H,22,24). The lowest BCUT2D eigenvalue weighted by Crippen LogP contribution is -2.09. The maximum Gasteiger partial charge on any atom is 0.263 e. The first kappa shape index (κ1) is 19.2. The van der Waals surface area contributed by atoms with E-state index in [9.17, 15) is 8.42 Å². The van der Waals surface area contributed by atoms with Crippen LogP contribution in [0, 0.1) is 0 Å². The smallest absolute Gasteiger partial charge is 0.263 e. The van der Waals surface area contributed by atoms with Crippen LogP contribution in [0.5, 0.6) is 5.75 Å². The van der Waals surface area contributed by atoms with Gasteiger partial charge in [-0.3, -0.25) is 5.10 Å². The number of para-hydroxylation sites is 1. The summed E-state index contributed by atoms with van der Waals surface area (Å²) in [6.07, 6.45) is 4.68. The van der Waals surface area contributed by atoms with Crippen LogP contribution in [0.1, 0.15) is 13.8 Å². The highest BCUT2D eigenvalue weighted by molar-refractivity contribution is 8.13. The SMILES string of the molecule is CC(C)Oc1c(-c2cn[nH]c2)ncn2nc(Nc3ccccc3S(=O)(=O)Cl)nc12. The van der Waals surface area contributed by atoms with E-state index in [1.807, 2.05) is 13.8 Å². The fourth-order valence-electron chi connectivity index (χ4n) is 2.72. The van der Waals surface area contributed by atoms with Crippen LogP contribution in [-0.4, -0.2) is 44.3 Å². The lowest BCUT2D eigenvalue weighted by atomic mass is 10.2. The summed E-state index contributed by atoms with van der Waals surface area (Å²) in [6, 6.07) is 6.22. The van der Waals surface area contributed by atoms with Crippen LogP contribution in [0.3, 0.4) is 0 Å². The summed E-state index contributed by atoms with van der Waals surface area (Å²) in [7, 11) is 1.57. The van der Waals surface area contributed by atoms with Crippen molar-refractivity contribution in [2.75, 3.05) is 5.32 Å². The summed E-state index contributed by atoms with van der Waals surface area (Å²) < 4.78 is 31.0. The third-order valence-corrected chi connectivity index (χ3v) is 5.25. The number of H-pyrrole nitrogens is 1. The Morgan fingerprint density at radius 2 is 2.07 bits per heavy atom. The third-order valence-electron chi connectivity index (χ3n) is 3.87. The average Bonchev–Trinajstić information content (AvgIpc) is 3.31. The molecule has 0 aliphatic rings. The van der Waals surface area contributed by atoms with E-state index in [1.165, 1.54) is 16.9 Å². The minimum Gasteiger partial charge on any atom is -0.485 e. The van der Waals surface area contributed by atoms with Gasteiger partial charge in [0.25, 0.3) is 9.05 Å². The zero-order chi connectivity index (χ0) is 20.6. The van der Waals surface area contributed by atoms with E-state index >= 15 is 0 Å². The normalized spacial score (nSPS) is 11.9. The number of rotatable bonds is 6. The molecule has 29 heavy (non-hydrogen) atoms. The number of hydrogen-bond acceptors (Lipinski definition) is 8. The number of benzene rings is 1. The first-order valence-electron chi connectivity index (χ1n) is 8.55. The molecule has 4 aromatic rings. The van der Waals surface area contributed by atoms with Crippen LogP contribution in [0.4, 0.5) is 11.6 Å². The van der Waals surface area contributed by atoms with E-state index < -0.39 is 9.05 Å². The Bertz CT molecular complexity index is 1270. The van der Waals surface area contributed by atoms with E-state index in [0.29, 0.717) is 17.1 Å². The molecule has 0 aliphatic carbocycles. The van der Waals surface area contributed by atoms with Gasteiger partial charge in [0.05, 0.1) is 18.0 Å². The maximum atomic E-state index is 11.8.